The van der Waals surface area contributed by atoms with E-state index in [0.717, 1.165) is 5.06 Å². The summed E-state index contributed by atoms with van der Waals surface area (Å²) in [5.74, 6) is 0. The van der Waals surface area contributed by atoms with Crippen LogP contribution in [0.1, 0.15) is 0 Å². The Morgan fingerprint density at radius 3 is 2.92 bits per heavy atom. The van der Waals surface area contributed by atoms with E-state index in [-0.39, 0.29) is 0 Å². The van der Waals surface area contributed by atoms with Gasteiger partial charge in [0.1, 0.15) is 6.61 Å². The zero-order valence-corrected chi connectivity index (χ0v) is 8.01. The zero-order chi connectivity index (χ0) is 9.10. The Morgan fingerprint density at radius 1 is 1.31 bits per heavy atom. The highest BCUT2D eigenvalue weighted by Gasteiger charge is 2.00. The van der Waals surface area contributed by atoms with Gasteiger partial charge in [0.15, 0.2) is 5.06 Å². The normalized spacial score (nSPS) is 10.5. The second-order valence-electron chi connectivity index (χ2n) is 2.74. The lowest BCUT2D eigenvalue weighted by Crippen LogP contribution is -2.09. The highest BCUT2D eigenvalue weighted by molar-refractivity contribution is 7.20. The molecule has 1 aromatic carbocycles. The number of nitrogens with two attached hydrogens (primary N) is 1. The summed E-state index contributed by atoms with van der Waals surface area (Å²) in [6.07, 6.45) is 0. The average molecular weight is 193 g/mol. The fourth-order valence-electron chi connectivity index (χ4n) is 1.19. The summed E-state index contributed by atoms with van der Waals surface area (Å²) in [5, 5.41) is 2.19. The van der Waals surface area contributed by atoms with Crippen LogP contribution in [0.3, 0.4) is 0 Å². The summed E-state index contributed by atoms with van der Waals surface area (Å²) in [4.78, 5) is 0. The number of fused-ring (bicyclic) bond motifs is 1. The van der Waals surface area contributed by atoms with Crippen LogP contribution in [0.5, 0.6) is 5.06 Å². The van der Waals surface area contributed by atoms with E-state index >= 15 is 0 Å². The molecule has 0 saturated carbocycles. The van der Waals surface area contributed by atoms with Gasteiger partial charge in [-0.15, -0.1) is 0 Å². The summed E-state index contributed by atoms with van der Waals surface area (Å²) in [6.45, 7) is 1.15. The minimum absolute atomic E-state index is 0.564. The van der Waals surface area contributed by atoms with Crippen molar-refractivity contribution in [2.45, 2.75) is 0 Å². The highest BCUT2D eigenvalue weighted by atomic mass is 32.1. The average Bonchev–Trinajstić information content (AvgIpc) is 2.57. The van der Waals surface area contributed by atoms with Gasteiger partial charge in [-0.3, -0.25) is 0 Å². The van der Waals surface area contributed by atoms with Crippen LogP contribution in [-0.2, 0) is 0 Å². The SMILES string of the molecule is NCCOc1cc2ccccc2s1. The van der Waals surface area contributed by atoms with Gasteiger partial charge in [-0.1, -0.05) is 29.5 Å². The Kier molecular flexibility index (Phi) is 2.47. The van der Waals surface area contributed by atoms with Crippen molar-refractivity contribution in [3.8, 4) is 5.06 Å². The molecule has 0 spiro atoms. The number of ether oxygens (including phenoxy) is 1. The van der Waals surface area contributed by atoms with Crippen LogP contribution < -0.4 is 10.5 Å². The Labute approximate surface area is 80.9 Å². The molecule has 0 atom stereocenters. The Bertz CT molecular complexity index is 363. The third-order valence-electron chi connectivity index (χ3n) is 1.77. The molecule has 0 radical (unpaired) electrons. The van der Waals surface area contributed by atoms with E-state index in [9.17, 15) is 0 Å². The molecule has 0 aliphatic carbocycles. The first-order valence-electron chi connectivity index (χ1n) is 4.21. The summed E-state index contributed by atoms with van der Waals surface area (Å²) in [5.41, 5.74) is 5.35. The predicted molar refractivity (Wildman–Crippen MR) is 56.4 cm³/mol. The quantitative estimate of drug-likeness (QED) is 0.811. The largest absolute Gasteiger partial charge is 0.483 e. The van der Waals surface area contributed by atoms with E-state index in [1.807, 2.05) is 12.1 Å². The number of hydrogen-bond acceptors (Lipinski definition) is 3. The molecule has 0 bridgehead atoms. The van der Waals surface area contributed by atoms with Crippen LogP contribution >= 0.6 is 11.3 Å². The van der Waals surface area contributed by atoms with E-state index in [0.29, 0.717) is 13.2 Å². The summed E-state index contributed by atoms with van der Waals surface area (Å²) >= 11 is 1.66. The molecule has 0 saturated heterocycles. The Balaban J connectivity index is 2.28. The van der Waals surface area contributed by atoms with Crippen molar-refractivity contribution in [3.05, 3.63) is 30.3 Å². The zero-order valence-electron chi connectivity index (χ0n) is 7.19. The van der Waals surface area contributed by atoms with Crippen molar-refractivity contribution >= 4 is 21.4 Å². The molecule has 2 nitrogen and oxygen atoms in total. The van der Waals surface area contributed by atoms with Crippen molar-refractivity contribution in [1.82, 2.24) is 0 Å². The molecule has 13 heavy (non-hydrogen) atoms. The molecule has 0 fully saturated rings. The van der Waals surface area contributed by atoms with Gasteiger partial charge in [0.25, 0.3) is 0 Å². The Morgan fingerprint density at radius 2 is 2.15 bits per heavy atom. The molecule has 2 rings (SSSR count). The van der Waals surface area contributed by atoms with Crippen molar-refractivity contribution < 1.29 is 4.74 Å². The van der Waals surface area contributed by atoms with Crippen LogP contribution in [0.25, 0.3) is 10.1 Å². The molecule has 2 N–H and O–H groups in total. The Hall–Kier alpha value is -1.06. The second-order valence-corrected chi connectivity index (χ2v) is 3.79. The minimum Gasteiger partial charge on any atom is -0.483 e. The third-order valence-corrected chi connectivity index (χ3v) is 2.79. The molecular weight excluding hydrogens is 182 g/mol. The molecule has 0 amide bonds. The lowest BCUT2D eigenvalue weighted by Gasteiger charge is -1.97. The second kappa shape index (κ2) is 3.77. The van der Waals surface area contributed by atoms with Gasteiger partial charge >= 0.3 is 0 Å². The first kappa shape index (κ1) is 8.53. The van der Waals surface area contributed by atoms with Crippen LogP contribution in [-0.4, -0.2) is 13.2 Å². The van der Waals surface area contributed by atoms with E-state index in [1.54, 1.807) is 11.3 Å². The van der Waals surface area contributed by atoms with E-state index < -0.39 is 0 Å². The number of rotatable bonds is 3. The van der Waals surface area contributed by atoms with Gasteiger partial charge < -0.3 is 10.5 Å². The summed E-state index contributed by atoms with van der Waals surface area (Å²) in [7, 11) is 0. The van der Waals surface area contributed by atoms with E-state index in [1.165, 1.54) is 10.1 Å². The van der Waals surface area contributed by atoms with Crippen LogP contribution in [0.15, 0.2) is 30.3 Å². The molecule has 68 valence electrons. The van der Waals surface area contributed by atoms with Crippen molar-refractivity contribution in [2.24, 2.45) is 5.73 Å². The molecule has 1 heterocycles. The first-order chi connectivity index (χ1) is 6.40. The molecule has 3 heteroatoms. The van der Waals surface area contributed by atoms with E-state index in [2.05, 4.69) is 18.2 Å². The lowest BCUT2D eigenvalue weighted by atomic mass is 10.3. The van der Waals surface area contributed by atoms with Gasteiger partial charge in [0.05, 0.1) is 0 Å². The fraction of sp³-hybridized carbons (Fsp3) is 0.200. The van der Waals surface area contributed by atoms with Crippen molar-refractivity contribution in [2.75, 3.05) is 13.2 Å². The van der Waals surface area contributed by atoms with Crippen molar-refractivity contribution in [3.63, 3.8) is 0 Å². The van der Waals surface area contributed by atoms with Gasteiger partial charge in [-0.25, -0.2) is 0 Å². The first-order valence-corrected chi connectivity index (χ1v) is 5.03. The molecule has 0 aliphatic heterocycles. The summed E-state index contributed by atoms with van der Waals surface area (Å²) < 4.78 is 6.69. The van der Waals surface area contributed by atoms with Gasteiger partial charge in [0.2, 0.25) is 0 Å². The van der Waals surface area contributed by atoms with Gasteiger partial charge in [0, 0.05) is 11.2 Å². The smallest absolute Gasteiger partial charge is 0.174 e. The molecule has 1 aromatic heterocycles. The topological polar surface area (TPSA) is 35.2 Å². The molecule has 0 unspecified atom stereocenters. The number of thiophene rings is 1. The monoisotopic (exact) mass is 193 g/mol. The maximum atomic E-state index is 5.43. The summed E-state index contributed by atoms with van der Waals surface area (Å²) in [6, 6.07) is 10.3. The van der Waals surface area contributed by atoms with Gasteiger partial charge in [-0.05, 0) is 17.5 Å². The fourth-order valence-corrected chi connectivity index (χ4v) is 2.12. The van der Waals surface area contributed by atoms with Crippen LogP contribution in [0, 0.1) is 0 Å². The highest BCUT2D eigenvalue weighted by Crippen LogP contribution is 2.30. The lowest BCUT2D eigenvalue weighted by molar-refractivity contribution is 0.338. The molecule has 2 aromatic rings. The number of benzene rings is 1. The number of hydrogen-bond donors (Lipinski definition) is 1. The molecular formula is C10H11NOS. The van der Waals surface area contributed by atoms with Crippen LogP contribution in [0.2, 0.25) is 0 Å². The minimum atomic E-state index is 0.564. The van der Waals surface area contributed by atoms with Gasteiger partial charge in [-0.2, -0.15) is 0 Å². The third kappa shape index (κ3) is 1.82. The predicted octanol–water partition coefficient (Wildman–Crippen LogP) is 2.24. The van der Waals surface area contributed by atoms with E-state index in [4.69, 9.17) is 10.5 Å². The maximum absolute atomic E-state index is 5.43. The maximum Gasteiger partial charge on any atom is 0.174 e. The standard InChI is InChI=1S/C10H11NOS/c11-5-6-12-10-7-8-3-1-2-4-9(8)13-10/h1-4,7H,5-6,11H2. The molecule has 0 aliphatic rings. The van der Waals surface area contributed by atoms with Crippen molar-refractivity contribution in [1.29, 1.82) is 0 Å². The van der Waals surface area contributed by atoms with Crippen LogP contribution in [0.4, 0.5) is 0 Å².